The summed E-state index contributed by atoms with van der Waals surface area (Å²) in [6, 6.07) is 10.9. The molecule has 8 nitrogen and oxygen atoms in total. The average Bonchev–Trinajstić information content (AvgIpc) is 3.43. The Balaban J connectivity index is 1.25. The number of rotatable bonds is 6. The average molecular weight is 510 g/mol. The van der Waals surface area contributed by atoms with Crippen molar-refractivity contribution in [3.63, 3.8) is 0 Å². The Morgan fingerprint density at radius 1 is 0.917 bits per heavy atom. The Hall–Kier alpha value is -2.65. The van der Waals surface area contributed by atoms with Gasteiger partial charge in [0.15, 0.2) is 5.11 Å². The van der Waals surface area contributed by atoms with Crippen LogP contribution in [0.3, 0.4) is 0 Å². The van der Waals surface area contributed by atoms with E-state index in [0.717, 1.165) is 64.1 Å². The highest BCUT2D eigenvalue weighted by Gasteiger charge is 2.25. The lowest BCUT2D eigenvalue weighted by atomic mass is 9.92. The molecular formula is C27H39N7OS. The molecule has 3 aliphatic heterocycles. The van der Waals surface area contributed by atoms with Gasteiger partial charge < -0.3 is 30.1 Å². The number of hydrogen-bond acceptors (Lipinski definition) is 7. The predicted molar refractivity (Wildman–Crippen MR) is 151 cm³/mol. The fraction of sp³-hybridized carbons (Fsp3) is 0.593. The van der Waals surface area contributed by atoms with E-state index in [4.69, 9.17) is 26.9 Å². The summed E-state index contributed by atoms with van der Waals surface area (Å²) in [5, 5.41) is 7.11. The van der Waals surface area contributed by atoms with Crippen molar-refractivity contribution in [1.82, 2.24) is 15.3 Å². The van der Waals surface area contributed by atoms with Gasteiger partial charge in [-0.2, -0.15) is 9.97 Å². The zero-order valence-electron chi connectivity index (χ0n) is 21.6. The number of hydrogen-bond donors (Lipinski definition) is 2. The molecule has 0 radical (unpaired) electrons. The molecule has 1 aromatic heterocycles. The Bertz CT molecular complexity index is 1010. The second kappa shape index (κ2) is 11.6. The molecular weight excluding hydrogens is 470 g/mol. The molecule has 2 N–H and O–H groups in total. The maximum Gasteiger partial charge on any atom is 0.232 e. The molecule has 194 valence electrons. The highest BCUT2D eigenvalue weighted by Crippen LogP contribution is 2.28. The van der Waals surface area contributed by atoms with Crippen LogP contribution in [0, 0.1) is 11.8 Å². The number of nitrogens with one attached hydrogen (secondary N) is 2. The van der Waals surface area contributed by atoms with E-state index in [1.807, 2.05) is 0 Å². The molecule has 1 aromatic carbocycles. The molecule has 0 saturated carbocycles. The Labute approximate surface area is 220 Å². The number of piperidine rings is 1. The number of nitrogens with zero attached hydrogens (tertiary/aromatic N) is 5. The highest BCUT2D eigenvalue weighted by molar-refractivity contribution is 7.80. The summed E-state index contributed by atoms with van der Waals surface area (Å²) in [7, 11) is 0. The standard InChI is InChI=1S/C27H39N7OS/c1-20-15-21(2)19-34(18-20)25-16-24(33-11-13-35-14-12-33)29-26(30-25)31-27(36)28-17-22-5-7-23(8-6-22)32-9-3-4-10-32/h5-8,16,20-21H,3-4,9-15,17-19H2,1-2H3,(H2,28,29,30,31,36)/t20-,21-/m0/s1. The Morgan fingerprint density at radius 2 is 1.56 bits per heavy atom. The van der Waals surface area contributed by atoms with Crippen molar-refractivity contribution in [2.75, 3.05) is 72.5 Å². The van der Waals surface area contributed by atoms with Crippen LogP contribution < -0.4 is 25.3 Å². The molecule has 3 fully saturated rings. The number of ether oxygens (including phenoxy) is 1. The number of aromatic nitrogens is 2. The minimum Gasteiger partial charge on any atom is -0.378 e. The van der Waals surface area contributed by atoms with E-state index in [2.05, 4.69) is 69.5 Å². The van der Waals surface area contributed by atoms with Gasteiger partial charge in [0.2, 0.25) is 5.95 Å². The second-order valence-corrected chi connectivity index (χ2v) is 10.9. The lowest BCUT2D eigenvalue weighted by Gasteiger charge is -2.36. The van der Waals surface area contributed by atoms with Crippen LogP contribution in [0.2, 0.25) is 0 Å². The molecule has 0 spiro atoms. The van der Waals surface area contributed by atoms with Gasteiger partial charge in [0.1, 0.15) is 11.6 Å². The van der Waals surface area contributed by atoms with Gasteiger partial charge in [0.05, 0.1) is 13.2 Å². The van der Waals surface area contributed by atoms with Crippen molar-refractivity contribution >= 4 is 40.6 Å². The quantitative estimate of drug-likeness (QED) is 0.565. The maximum absolute atomic E-state index is 5.63. The number of morpholine rings is 1. The summed E-state index contributed by atoms with van der Waals surface area (Å²) in [6.45, 7) is 12.7. The van der Waals surface area contributed by atoms with Crippen LogP contribution in [0.5, 0.6) is 0 Å². The van der Waals surface area contributed by atoms with Gasteiger partial charge in [-0.05, 0) is 61.0 Å². The van der Waals surface area contributed by atoms with E-state index in [1.54, 1.807) is 0 Å². The summed E-state index contributed by atoms with van der Waals surface area (Å²) in [4.78, 5) is 16.8. The Kier molecular flexibility index (Phi) is 8.06. The fourth-order valence-electron chi connectivity index (χ4n) is 5.57. The highest BCUT2D eigenvalue weighted by atomic mass is 32.1. The topological polar surface area (TPSA) is 68.8 Å². The lowest BCUT2D eigenvalue weighted by molar-refractivity contribution is 0.122. The van der Waals surface area contributed by atoms with Crippen molar-refractivity contribution in [2.45, 2.75) is 39.7 Å². The van der Waals surface area contributed by atoms with Gasteiger partial charge in [0, 0.05) is 57.6 Å². The van der Waals surface area contributed by atoms with Crippen LogP contribution in [-0.2, 0) is 11.3 Å². The van der Waals surface area contributed by atoms with E-state index in [0.29, 0.717) is 29.4 Å². The molecule has 2 atom stereocenters. The van der Waals surface area contributed by atoms with Gasteiger partial charge in [-0.1, -0.05) is 26.0 Å². The number of anilines is 4. The molecule has 2 aromatic rings. The van der Waals surface area contributed by atoms with Crippen LogP contribution in [0.4, 0.5) is 23.3 Å². The van der Waals surface area contributed by atoms with Crippen LogP contribution in [0.1, 0.15) is 38.7 Å². The molecule has 0 unspecified atom stereocenters. The SMILES string of the molecule is C[C@H]1C[C@H](C)CN(c2cc(N3CCOCC3)nc(NC(=S)NCc3ccc(N4CCCC4)cc3)n2)C1. The molecule has 5 rings (SSSR count). The van der Waals surface area contributed by atoms with Crippen molar-refractivity contribution in [3.05, 3.63) is 35.9 Å². The normalized spacial score (nSPS) is 22.6. The number of thiocarbonyl (C=S) groups is 1. The van der Waals surface area contributed by atoms with Crippen molar-refractivity contribution < 1.29 is 4.74 Å². The molecule has 3 aliphatic rings. The van der Waals surface area contributed by atoms with Gasteiger partial charge in [0.25, 0.3) is 0 Å². The molecule has 0 bridgehead atoms. The minimum atomic E-state index is 0.532. The smallest absolute Gasteiger partial charge is 0.232 e. The fourth-order valence-corrected chi connectivity index (χ4v) is 5.74. The molecule has 0 amide bonds. The third-order valence-corrected chi connectivity index (χ3v) is 7.56. The van der Waals surface area contributed by atoms with Crippen LogP contribution in [0.25, 0.3) is 0 Å². The van der Waals surface area contributed by atoms with E-state index >= 15 is 0 Å². The summed E-state index contributed by atoms with van der Waals surface area (Å²) >= 11 is 5.63. The van der Waals surface area contributed by atoms with Crippen LogP contribution in [0.15, 0.2) is 30.3 Å². The van der Waals surface area contributed by atoms with Gasteiger partial charge in [-0.15, -0.1) is 0 Å². The van der Waals surface area contributed by atoms with E-state index in [1.165, 1.54) is 30.5 Å². The lowest BCUT2D eigenvalue weighted by Crippen LogP contribution is -2.40. The van der Waals surface area contributed by atoms with Crippen molar-refractivity contribution in [1.29, 1.82) is 0 Å². The third kappa shape index (κ3) is 6.37. The minimum absolute atomic E-state index is 0.532. The maximum atomic E-state index is 5.63. The van der Waals surface area contributed by atoms with E-state index in [-0.39, 0.29) is 0 Å². The first-order chi connectivity index (χ1) is 17.5. The summed E-state index contributed by atoms with van der Waals surface area (Å²) in [5.41, 5.74) is 2.50. The number of benzene rings is 1. The molecule has 36 heavy (non-hydrogen) atoms. The van der Waals surface area contributed by atoms with Crippen LogP contribution >= 0.6 is 12.2 Å². The predicted octanol–water partition coefficient (Wildman–Crippen LogP) is 3.88. The van der Waals surface area contributed by atoms with E-state index < -0.39 is 0 Å². The largest absolute Gasteiger partial charge is 0.378 e. The monoisotopic (exact) mass is 509 g/mol. The summed E-state index contributed by atoms with van der Waals surface area (Å²) in [6.07, 6.45) is 3.83. The first-order valence-corrected chi connectivity index (χ1v) is 13.8. The second-order valence-electron chi connectivity index (χ2n) is 10.5. The molecule has 0 aliphatic carbocycles. The molecule has 3 saturated heterocycles. The zero-order chi connectivity index (χ0) is 24.9. The van der Waals surface area contributed by atoms with Crippen LogP contribution in [-0.4, -0.2) is 67.6 Å². The van der Waals surface area contributed by atoms with Crippen molar-refractivity contribution in [3.8, 4) is 0 Å². The first kappa shape index (κ1) is 25.0. The van der Waals surface area contributed by atoms with Gasteiger partial charge >= 0.3 is 0 Å². The zero-order valence-corrected chi connectivity index (χ0v) is 22.4. The van der Waals surface area contributed by atoms with Crippen molar-refractivity contribution in [2.24, 2.45) is 11.8 Å². The van der Waals surface area contributed by atoms with Gasteiger partial charge in [-0.25, -0.2) is 0 Å². The van der Waals surface area contributed by atoms with Gasteiger partial charge in [-0.3, -0.25) is 0 Å². The first-order valence-electron chi connectivity index (χ1n) is 13.4. The summed E-state index contributed by atoms with van der Waals surface area (Å²) in [5.74, 6) is 3.73. The van der Waals surface area contributed by atoms with E-state index in [9.17, 15) is 0 Å². The molecule has 9 heteroatoms. The molecule has 4 heterocycles. The third-order valence-electron chi connectivity index (χ3n) is 7.31. The Morgan fingerprint density at radius 3 is 2.22 bits per heavy atom. The summed E-state index contributed by atoms with van der Waals surface area (Å²) < 4.78 is 5.56.